The summed E-state index contributed by atoms with van der Waals surface area (Å²) in [7, 11) is 0. The molecule has 3 aromatic rings. The summed E-state index contributed by atoms with van der Waals surface area (Å²) in [5.41, 5.74) is 2.24. The molecule has 0 spiro atoms. The van der Waals surface area contributed by atoms with E-state index in [1.54, 1.807) is 24.0 Å². The number of hydrogen-bond donors (Lipinski definition) is 1. The van der Waals surface area contributed by atoms with Gasteiger partial charge in [0, 0.05) is 17.8 Å². The average Bonchev–Trinajstić information content (AvgIpc) is 2.82. The molecule has 3 rings (SSSR count). The molecular weight excluding hydrogens is 388 g/mol. The number of benzene rings is 3. The van der Waals surface area contributed by atoms with Crippen molar-refractivity contribution in [2.45, 2.75) is 32.9 Å². The minimum absolute atomic E-state index is 0.159. The smallest absolute Gasteiger partial charge is 0.254 e. The molecule has 2 amide bonds. The van der Waals surface area contributed by atoms with Crippen LogP contribution in [0.25, 0.3) is 0 Å². The summed E-state index contributed by atoms with van der Waals surface area (Å²) in [5, 5.41) is 2.88. The summed E-state index contributed by atoms with van der Waals surface area (Å²) in [6.07, 6.45) is 0.762. The van der Waals surface area contributed by atoms with Crippen LogP contribution < -0.4 is 10.1 Å². The molecule has 0 bridgehead atoms. The van der Waals surface area contributed by atoms with Crippen LogP contribution in [-0.2, 0) is 11.4 Å². The molecule has 5 heteroatoms. The quantitative estimate of drug-likeness (QED) is 0.525. The normalized spacial score (nSPS) is 11.4. The predicted octanol–water partition coefficient (Wildman–Crippen LogP) is 5.15. The highest BCUT2D eigenvalue weighted by molar-refractivity contribution is 6.01. The molecule has 3 aromatic carbocycles. The van der Waals surface area contributed by atoms with Gasteiger partial charge in [0.1, 0.15) is 18.4 Å². The number of nitrogens with zero attached hydrogens (tertiary/aromatic N) is 1. The summed E-state index contributed by atoms with van der Waals surface area (Å²) in [6, 6.07) is 25.6. The van der Waals surface area contributed by atoms with Crippen molar-refractivity contribution in [3.8, 4) is 5.75 Å². The fourth-order valence-electron chi connectivity index (χ4n) is 3.21. The van der Waals surface area contributed by atoms with Gasteiger partial charge in [0.15, 0.2) is 0 Å². The van der Waals surface area contributed by atoms with Gasteiger partial charge in [-0.2, -0.15) is 0 Å². The Bertz CT molecular complexity index is 973. The Balaban J connectivity index is 1.65. The summed E-state index contributed by atoms with van der Waals surface area (Å²) in [6.45, 7) is 4.67. The van der Waals surface area contributed by atoms with E-state index in [-0.39, 0.29) is 11.8 Å². The van der Waals surface area contributed by atoms with Crippen LogP contribution in [0.15, 0.2) is 84.9 Å². The zero-order chi connectivity index (χ0) is 22.1. The first-order chi connectivity index (χ1) is 15.1. The van der Waals surface area contributed by atoms with Crippen molar-refractivity contribution in [2.24, 2.45) is 0 Å². The number of para-hydroxylation sites is 2. The Hall–Kier alpha value is -3.60. The van der Waals surface area contributed by atoms with E-state index in [1.807, 2.05) is 79.7 Å². The van der Waals surface area contributed by atoms with E-state index in [0.29, 0.717) is 24.4 Å². The first-order valence-corrected chi connectivity index (χ1v) is 10.5. The van der Waals surface area contributed by atoms with Crippen LogP contribution in [0.5, 0.6) is 5.75 Å². The minimum Gasteiger partial charge on any atom is -0.489 e. The van der Waals surface area contributed by atoms with E-state index in [4.69, 9.17) is 4.74 Å². The summed E-state index contributed by atoms with van der Waals surface area (Å²) in [5.74, 6) is 0.434. The van der Waals surface area contributed by atoms with Gasteiger partial charge in [-0.3, -0.25) is 9.59 Å². The predicted molar refractivity (Wildman–Crippen MR) is 123 cm³/mol. The second-order valence-electron chi connectivity index (χ2n) is 7.33. The highest BCUT2D eigenvalue weighted by Crippen LogP contribution is 2.15. The largest absolute Gasteiger partial charge is 0.489 e. The molecular formula is C26H28N2O3. The van der Waals surface area contributed by atoms with Gasteiger partial charge in [-0.05, 0) is 55.3 Å². The number of anilines is 1. The fraction of sp³-hybridized carbons (Fsp3) is 0.231. The first-order valence-electron chi connectivity index (χ1n) is 10.5. The van der Waals surface area contributed by atoms with Gasteiger partial charge in [0.25, 0.3) is 5.91 Å². The van der Waals surface area contributed by atoms with Crippen LogP contribution >= 0.6 is 0 Å². The van der Waals surface area contributed by atoms with Crippen LogP contribution in [0.4, 0.5) is 5.69 Å². The molecule has 0 fully saturated rings. The van der Waals surface area contributed by atoms with Crippen molar-refractivity contribution in [3.05, 3.63) is 96.1 Å². The maximum absolute atomic E-state index is 13.1. The number of ether oxygens (including phenoxy) is 1. The van der Waals surface area contributed by atoms with Gasteiger partial charge < -0.3 is 15.0 Å². The number of carbonyl (C=O) groups excluding carboxylic acids is 2. The van der Waals surface area contributed by atoms with E-state index in [1.165, 1.54) is 0 Å². The Morgan fingerprint density at radius 2 is 1.52 bits per heavy atom. The Morgan fingerprint density at radius 1 is 0.903 bits per heavy atom. The molecule has 160 valence electrons. The maximum Gasteiger partial charge on any atom is 0.254 e. The molecule has 0 aliphatic carbocycles. The summed E-state index contributed by atoms with van der Waals surface area (Å²) < 4.78 is 5.76. The molecule has 0 radical (unpaired) electrons. The van der Waals surface area contributed by atoms with E-state index in [9.17, 15) is 9.59 Å². The molecule has 0 aliphatic rings. The Kier molecular flexibility index (Phi) is 7.82. The molecule has 31 heavy (non-hydrogen) atoms. The third-order valence-electron chi connectivity index (χ3n) is 4.96. The molecule has 0 saturated carbocycles. The number of nitrogens with one attached hydrogen (secondary N) is 1. The van der Waals surface area contributed by atoms with Crippen molar-refractivity contribution in [1.29, 1.82) is 0 Å². The summed E-state index contributed by atoms with van der Waals surface area (Å²) >= 11 is 0. The third kappa shape index (κ3) is 6.19. The highest BCUT2D eigenvalue weighted by Gasteiger charge is 2.26. The van der Waals surface area contributed by atoms with Crippen LogP contribution in [0.2, 0.25) is 0 Å². The average molecular weight is 417 g/mol. The fourth-order valence-corrected chi connectivity index (χ4v) is 3.21. The Morgan fingerprint density at radius 3 is 2.13 bits per heavy atom. The van der Waals surface area contributed by atoms with E-state index in [2.05, 4.69) is 5.32 Å². The standard InChI is InChI=1S/C26H28N2O3/c1-3-18-28(20(2)25(29)27-23-10-6-4-7-11-23)26(30)22-16-14-21(15-17-22)19-31-24-12-8-5-9-13-24/h4-17,20H,3,18-19H2,1-2H3,(H,27,29). The third-order valence-corrected chi connectivity index (χ3v) is 4.96. The van der Waals surface area contributed by atoms with Crippen LogP contribution in [0, 0.1) is 0 Å². The SMILES string of the molecule is CCCN(C(=O)c1ccc(COc2ccccc2)cc1)C(C)C(=O)Nc1ccccc1. The van der Waals surface area contributed by atoms with E-state index < -0.39 is 6.04 Å². The monoisotopic (exact) mass is 416 g/mol. The molecule has 1 atom stereocenters. The molecule has 0 saturated heterocycles. The zero-order valence-electron chi connectivity index (χ0n) is 18.0. The highest BCUT2D eigenvalue weighted by atomic mass is 16.5. The molecule has 0 heterocycles. The van der Waals surface area contributed by atoms with Crippen molar-refractivity contribution < 1.29 is 14.3 Å². The van der Waals surface area contributed by atoms with Crippen molar-refractivity contribution in [3.63, 3.8) is 0 Å². The lowest BCUT2D eigenvalue weighted by Crippen LogP contribution is -2.46. The lowest BCUT2D eigenvalue weighted by molar-refractivity contribution is -0.120. The molecule has 0 aliphatic heterocycles. The Labute approximate surface area is 183 Å². The second kappa shape index (κ2) is 11.0. The number of hydrogen-bond acceptors (Lipinski definition) is 3. The van der Waals surface area contributed by atoms with Gasteiger partial charge in [-0.15, -0.1) is 0 Å². The number of rotatable bonds is 9. The van der Waals surface area contributed by atoms with Gasteiger partial charge in [-0.1, -0.05) is 55.5 Å². The lowest BCUT2D eigenvalue weighted by Gasteiger charge is -2.28. The second-order valence-corrected chi connectivity index (χ2v) is 7.33. The number of amides is 2. The molecule has 1 N–H and O–H groups in total. The van der Waals surface area contributed by atoms with Crippen molar-refractivity contribution in [1.82, 2.24) is 4.90 Å². The topological polar surface area (TPSA) is 58.6 Å². The molecule has 0 aromatic heterocycles. The van der Waals surface area contributed by atoms with Crippen molar-refractivity contribution >= 4 is 17.5 Å². The van der Waals surface area contributed by atoms with Gasteiger partial charge in [0.2, 0.25) is 5.91 Å². The minimum atomic E-state index is -0.589. The van der Waals surface area contributed by atoms with Crippen LogP contribution in [0.1, 0.15) is 36.2 Å². The van der Waals surface area contributed by atoms with Gasteiger partial charge in [-0.25, -0.2) is 0 Å². The molecule has 5 nitrogen and oxygen atoms in total. The van der Waals surface area contributed by atoms with E-state index >= 15 is 0 Å². The summed E-state index contributed by atoms with van der Waals surface area (Å²) in [4.78, 5) is 27.5. The number of carbonyl (C=O) groups is 2. The van der Waals surface area contributed by atoms with Gasteiger partial charge >= 0.3 is 0 Å². The maximum atomic E-state index is 13.1. The zero-order valence-corrected chi connectivity index (χ0v) is 18.0. The van der Waals surface area contributed by atoms with E-state index in [0.717, 1.165) is 17.7 Å². The first kappa shape index (κ1) is 22.1. The molecule has 1 unspecified atom stereocenters. The van der Waals surface area contributed by atoms with Crippen molar-refractivity contribution in [2.75, 3.05) is 11.9 Å². The van der Waals surface area contributed by atoms with Crippen LogP contribution in [0.3, 0.4) is 0 Å². The van der Waals surface area contributed by atoms with Crippen LogP contribution in [-0.4, -0.2) is 29.3 Å². The lowest BCUT2D eigenvalue weighted by atomic mass is 10.1. The van der Waals surface area contributed by atoms with Gasteiger partial charge in [0.05, 0.1) is 0 Å².